The van der Waals surface area contributed by atoms with E-state index in [2.05, 4.69) is 11.4 Å². The highest BCUT2D eigenvalue weighted by Crippen LogP contribution is 2.40. The number of ether oxygens (including phenoxy) is 4. The number of benzene rings is 1. The molecule has 1 atom stereocenters. The summed E-state index contributed by atoms with van der Waals surface area (Å²) in [7, 11) is 1.49. The van der Waals surface area contributed by atoms with Crippen LogP contribution >= 0.6 is 0 Å². The van der Waals surface area contributed by atoms with Crippen molar-refractivity contribution in [1.29, 1.82) is 0 Å². The summed E-state index contributed by atoms with van der Waals surface area (Å²) in [6, 6.07) is 3.07. The number of carbonyl (C=O) groups excluding carboxylic acids is 2. The van der Waals surface area contributed by atoms with E-state index in [0.717, 1.165) is 19.3 Å². The van der Waals surface area contributed by atoms with Crippen LogP contribution in [0, 0.1) is 0 Å². The summed E-state index contributed by atoms with van der Waals surface area (Å²) in [5.41, 5.74) is 1.63. The van der Waals surface area contributed by atoms with Gasteiger partial charge in [-0.3, -0.25) is 4.79 Å². The average molecular weight is 389 g/mol. The molecule has 1 aliphatic carbocycles. The van der Waals surface area contributed by atoms with Gasteiger partial charge in [-0.2, -0.15) is 0 Å². The predicted octanol–water partition coefficient (Wildman–Crippen LogP) is 3.02. The summed E-state index contributed by atoms with van der Waals surface area (Å²) in [6.45, 7) is 2.91. The Kier molecular flexibility index (Phi) is 6.79. The quantitative estimate of drug-likeness (QED) is 0.570. The van der Waals surface area contributed by atoms with Crippen molar-refractivity contribution in [2.75, 3.05) is 26.9 Å². The molecule has 28 heavy (non-hydrogen) atoms. The van der Waals surface area contributed by atoms with Crippen molar-refractivity contribution in [2.45, 2.75) is 45.1 Å². The van der Waals surface area contributed by atoms with Crippen molar-refractivity contribution in [1.82, 2.24) is 5.32 Å². The predicted molar refractivity (Wildman–Crippen MR) is 103 cm³/mol. The Morgan fingerprint density at radius 1 is 1.21 bits per heavy atom. The molecule has 0 unspecified atom stereocenters. The smallest absolute Gasteiger partial charge is 0.339 e. The van der Waals surface area contributed by atoms with E-state index < -0.39 is 12.1 Å². The molecule has 1 heterocycles. The zero-order valence-electron chi connectivity index (χ0n) is 16.4. The molecule has 1 amide bonds. The van der Waals surface area contributed by atoms with E-state index in [1.54, 1.807) is 13.0 Å². The molecule has 0 saturated heterocycles. The zero-order chi connectivity index (χ0) is 19.9. The molecule has 1 aliphatic heterocycles. The minimum Gasteiger partial charge on any atom is -0.493 e. The number of allylic oxidation sites excluding steroid dienone is 1. The molecular formula is C21H27NO6. The molecule has 152 valence electrons. The van der Waals surface area contributed by atoms with Gasteiger partial charge in [-0.1, -0.05) is 11.6 Å². The van der Waals surface area contributed by atoms with E-state index in [4.69, 9.17) is 18.9 Å². The molecule has 7 nitrogen and oxygen atoms in total. The molecule has 3 rings (SSSR count). The Morgan fingerprint density at radius 3 is 2.79 bits per heavy atom. The van der Waals surface area contributed by atoms with Gasteiger partial charge in [-0.05, 0) is 51.2 Å². The third-order valence-corrected chi connectivity index (χ3v) is 4.85. The Hall–Kier alpha value is -2.70. The molecule has 0 saturated carbocycles. The largest absolute Gasteiger partial charge is 0.493 e. The van der Waals surface area contributed by atoms with E-state index in [1.807, 2.05) is 0 Å². The van der Waals surface area contributed by atoms with Crippen molar-refractivity contribution in [3.05, 3.63) is 29.3 Å². The monoisotopic (exact) mass is 389 g/mol. The van der Waals surface area contributed by atoms with Gasteiger partial charge in [0.05, 0.1) is 12.7 Å². The minimum absolute atomic E-state index is 0.244. The van der Waals surface area contributed by atoms with Crippen LogP contribution < -0.4 is 19.5 Å². The van der Waals surface area contributed by atoms with E-state index in [9.17, 15) is 9.59 Å². The van der Waals surface area contributed by atoms with Gasteiger partial charge in [0.25, 0.3) is 5.91 Å². The summed E-state index contributed by atoms with van der Waals surface area (Å²) in [5, 5.41) is 2.83. The number of fused-ring (bicyclic) bond motifs is 1. The number of esters is 1. The van der Waals surface area contributed by atoms with Crippen LogP contribution in [-0.2, 0) is 9.53 Å². The first-order chi connectivity index (χ1) is 13.6. The molecule has 1 aromatic carbocycles. The molecule has 0 aromatic heterocycles. The first kappa shape index (κ1) is 20.0. The minimum atomic E-state index is -0.896. The Labute approximate surface area is 165 Å². The van der Waals surface area contributed by atoms with Crippen LogP contribution in [0.25, 0.3) is 0 Å². The molecule has 0 radical (unpaired) electrons. The number of nitrogens with one attached hydrogen (secondary N) is 1. The third-order valence-electron chi connectivity index (χ3n) is 4.85. The van der Waals surface area contributed by atoms with Crippen molar-refractivity contribution >= 4 is 11.9 Å². The van der Waals surface area contributed by atoms with Gasteiger partial charge in [-0.25, -0.2) is 4.79 Å². The van der Waals surface area contributed by atoms with Gasteiger partial charge in [0.15, 0.2) is 17.6 Å². The highest BCUT2D eigenvalue weighted by Gasteiger charge is 2.24. The van der Waals surface area contributed by atoms with Crippen LogP contribution in [0.2, 0.25) is 0 Å². The lowest BCUT2D eigenvalue weighted by Crippen LogP contribution is -2.36. The zero-order valence-corrected chi connectivity index (χ0v) is 16.4. The topological polar surface area (TPSA) is 83.1 Å². The summed E-state index contributed by atoms with van der Waals surface area (Å²) < 4.78 is 21.6. The summed E-state index contributed by atoms with van der Waals surface area (Å²) in [6.07, 6.45) is 6.88. The van der Waals surface area contributed by atoms with Gasteiger partial charge in [0.2, 0.25) is 5.75 Å². The molecule has 1 aromatic rings. The lowest BCUT2D eigenvalue weighted by atomic mass is 9.97. The summed E-state index contributed by atoms with van der Waals surface area (Å²) >= 11 is 0. The second kappa shape index (κ2) is 9.48. The number of amides is 1. The second-order valence-corrected chi connectivity index (χ2v) is 6.90. The third kappa shape index (κ3) is 4.97. The van der Waals surface area contributed by atoms with E-state index in [-0.39, 0.29) is 11.5 Å². The fourth-order valence-electron chi connectivity index (χ4n) is 3.29. The number of hydrogen-bond acceptors (Lipinski definition) is 6. The number of methoxy groups -OCH3 is 1. The fraction of sp³-hybridized carbons (Fsp3) is 0.524. The molecule has 0 spiro atoms. The van der Waals surface area contributed by atoms with Gasteiger partial charge >= 0.3 is 5.97 Å². The van der Waals surface area contributed by atoms with Crippen LogP contribution in [0.15, 0.2) is 23.8 Å². The van der Waals surface area contributed by atoms with Gasteiger partial charge in [-0.15, -0.1) is 0 Å². The van der Waals surface area contributed by atoms with Crippen molar-refractivity contribution < 1.29 is 28.5 Å². The van der Waals surface area contributed by atoms with Crippen molar-refractivity contribution in [3.63, 3.8) is 0 Å². The molecule has 1 N–H and O–H groups in total. The van der Waals surface area contributed by atoms with E-state index >= 15 is 0 Å². The number of hydrogen-bond donors (Lipinski definition) is 1. The highest BCUT2D eigenvalue weighted by atomic mass is 16.6. The van der Waals surface area contributed by atoms with Crippen LogP contribution in [0.3, 0.4) is 0 Å². The highest BCUT2D eigenvalue weighted by molar-refractivity contribution is 5.93. The lowest BCUT2D eigenvalue weighted by Gasteiger charge is -2.21. The molecule has 0 fully saturated rings. The van der Waals surface area contributed by atoms with Gasteiger partial charge in [0, 0.05) is 6.54 Å². The van der Waals surface area contributed by atoms with Gasteiger partial charge in [0.1, 0.15) is 13.2 Å². The first-order valence-electron chi connectivity index (χ1n) is 9.72. The van der Waals surface area contributed by atoms with Crippen LogP contribution in [0.4, 0.5) is 0 Å². The Morgan fingerprint density at radius 2 is 2.04 bits per heavy atom. The summed E-state index contributed by atoms with van der Waals surface area (Å²) in [5.74, 6) is 0.354. The fourth-order valence-corrected chi connectivity index (χ4v) is 3.29. The lowest BCUT2D eigenvalue weighted by molar-refractivity contribution is -0.129. The van der Waals surface area contributed by atoms with Crippen LogP contribution in [0.5, 0.6) is 17.2 Å². The standard InChI is InChI=1S/C21H27NO6/c1-14(20(23)22-9-8-15-6-4-3-5-7-15)28-21(24)16-12-17(25-2)19-18(13-16)26-10-11-27-19/h6,12-14H,3-5,7-11H2,1-2H3,(H,22,23)/t14-/m0/s1. The molecular weight excluding hydrogens is 362 g/mol. The Balaban J connectivity index is 1.54. The Bertz CT molecular complexity index is 740. The maximum absolute atomic E-state index is 12.5. The van der Waals surface area contributed by atoms with Crippen molar-refractivity contribution in [2.24, 2.45) is 0 Å². The molecule has 2 aliphatic rings. The number of rotatable bonds is 7. The normalized spacial score (nSPS) is 16.6. The van der Waals surface area contributed by atoms with Gasteiger partial charge < -0.3 is 24.3 Å². The molecule has 0 bridgehead atoms. The van der Waals surface area contributed by atoms with Crippen molar-refractivity contribution in [3.8, 4) is 17.2 Å². The van der Waals surface area contributed by atoms with Crippen LogP contribution in [-0.4, -0.2) is 44.8 Å². The number of carbonyl (C=O) groups is 2. The SMILES string of the molecule is COc1cc(C(=O)O[C@@H](C)C(=O)NCCC2=CCCCC2)cc2c1OCCO2. The maximum atomic E-state index is 12.5. The second-order valence-electron chi connectivity index (χ2n) is 6.90. The summed E-state index contributed by atoms with van der Waals surface area (Å²) in [4.78, 5) is 24.7. The first-order valence-corrected chi connectivity index (χ1v) is 9.72. The maximum Gasteiger partial charge on any atom is 0.339 e. The van der Waals surface area contributed by atoms with E-state index in [1.165, 1.54) is 31.6 Å². The molecule has 7 heteroatoms. The van der Waals surface area contributed by atoms with Crippen LogP contribution in [0.1, 0.15) is 49.4 Å². The van der Waals surface area contributed by atoms with E-state index in [0.29, 0.717) is 37.0 Å². The average Bonchev–Trinajstić information content (AvgIpc) is 2.73.